The second-order valence-corrected chi connectivity index (χ2v) is 4.31. The summed E-state index contributed by atoms with van der Waals surface area (Å²) in [6, 6.07) is 9.69. The summed E-state index contributed by atoms with van der Waals surface area (Å²) >= 11 is 0. The van der Waals surface area contributed by atoms with E-state index in [0.29, 0.717) is 18.2 Å². The quantitative estimate of drug-likeness (QED) is 0.384. The highest BCUT2D eigenvalue weighted by molar-refractivity contribution is 5.95. The topological polar surface area (TPSA) is 87.6 Å². The summed E-state index contributed by atoms with van der Waals surface area (Å²) in [7, 11) is 0. The zero-order valence-electron chi connectivity index (χ0n) is 11.5. The molecule has 104 valence electrons. The van der Waals surface area contributed by atoms with E-state index < -0.39 is 0 Å². The summed E-state index contributed by atoms with van der Waals surface area (Å²) in [5.41, 5.74) is 8.13. The third-order valence-corrected chi connectivity index (χ3v) is 2.92. The van der Waals surface area contributed by atoms with E-state index in [2.05, 4.69) is 15.1 Å². The molecule has 6 nitrogen and oxygen atoms in total. The lowest BCUT2D eigenvalue weighted by Crippen LogP contribution is -2.22. The van der Waals surface area contributed by atoms with Gasteiger partial charge in [0, 0.05) is 18.4 Å². The molecule has 0 saturated heterocycles. The second kappa shape index (κ2) is 6.01. The fourth-order valence-electron chi connectivity index (χ4n) is 1.84. The van der Waals surface area contributed by atoms with E-state index in [9.17, 15) is 0 Å². The van der Waals surface area contributed by atoms with E-state index in [-0.39, 0.29) is 5.84 Å². The summed E-state index contributed by atoms with van der Waals surface area (Å²) < 4.78 is 0. The number of aryl methyl sites for hydroxylation is 1. The number of amidine groups is 1. The first-order valence-electron chi connectivity index (χ1n) is 6.31. The maximum atomic E-state index is 8.71. The Bertz CT molecular complexity index is 609. The van der Waals surface area contributed by atoms with Gasteiger partial charge in [0.05, 0.1) is 0 Å². The van der Waals surface area contributed by atoms with E-state index in [4.69, 9.17) is 10.9 Å². The van der Waals surface area contributed by atoms with E-state index in [1.165, 1.54) is 5.56 Å². The molecule has 0 fully saturated rings. The number of hydrogen-bond donors (Lipinski definition) is 2. The van der Waals surface area contributed by atoms with E-state index in [0.717, 1.165) is 5.69 Å². The number of hydrogen-bond acceptors (Lipinski definition) is 5. The van der Waals surface area contributed by atoms with Crippen LogP contribution < -0.4 is 10.6 Å². The van der Waals surface area contributed by atoms with Gasteiger partial charge >= 0.3 is 0 Å². The van der Waals surface area contributed by atoms with Gasteiger partial charge in [0.15, 0.2) is 5.84 Å². The SMILES string of the molecule is CCN(c1ccc(C)cc1)c1nccc(/C(N)=N/O)n1. The monoisotopic (exact) mass is 271 g/mol. The van der Waals surface area contributed by atoms with Gasteiger partial charge in [0.25, 0.3) is 0 Å². The van der Waals surface area contributed by atoms with Crippen LogP contribution in [0.2, 0.25) is 0 Å². The van der Waals surface area contributed by atoms with Crippen molar-refractivity contribution in [1.29, 1.82) is 0 Å². The molecule has 2 aromatic rings. The average molecular weight is 271 g/mol. The van der Waals surface area contributed by atoms with Crippen LogP contribution in [0.15, 0.2) is 41.7 Å². The Balaban J connectivity index is 2.39. The molecule has 6 heteroatoms. The summed E-state index contributed by atoms with van der Waals surface area (Å²) in [6.45, 7) is 4.76. The molecular formula is C14H17N5O. The molecule has 0 aliphatic rings. The normalized spacial score (nSPS) is 11.4. The van der Waals surface area contributed by atoms with Crippen molar-refractivity contribution >= 4 is 17.5 Å². The molecule has 0 amide bonds. The standard InChI is InChI=1S/C14H17N5O/c1-3-19(11-6-4-10(2)5-7-11)14-16-9-8-12(17-14)13(15)18-20/h4-9,20H,3H2,1-2H3,(H2,15,18). The first-order chi connectivity index (χ1) is 9.65. The summed E-state index contributed by atoms with van der Waals surface area (Å²) in [5.74, 6) is 0.481. The molecule has 0 saturated carbocycles. The molecule has 1 aromatic heterocycles. The molecule has 0 unspecified atom stereocenters. The molecule has 1 aromatic carbocycles. The number of aromatic nitrogens is 2. The van der Waals surface area contributed by atoms with Crippen LogP contribution in [-0.2, 0) is 0 Å². The van der Waals surface area contributed by atoms with Crippen LogP contribution in [0.25, 0.3) is 0 Å². The minimum atomic E-state index is -0.0337. The Kier molecular flexibility index (Phi) is 4.14. The van der Waals surface area contributed by atoms with Crippen molar-refractivity contribution in [2.24, 2.45) is 10.9 Å². The van der Waals surface area contributed by atoms with Crippen LogP contribution in [0.5, 0.6) is 0 Å². The smallest absolute Gasteiger partial charge is 0.230 e. The molecule has 0 aliphatic heterocycles. The number of benzene rings is 1. The number of anilines is 2. The van der Waals surface area contributed by atoms with Crippen LogP contribution in [0.3, 0.4) is 0 Å². The minimum Gasteiger partial charge on any atom is -0.409 e. The summed E-state index contributed by atoms with van der Waals surface area (Å²) in [4.78, 5) is 10.5. The van der Waals surface area contributed by atoms with Crippen molar-refractivity contribution in [3.8, 4) is 0 Å². The molecule has 0 aliphatic carbocycles. The zero-order valence-corrected chi connectivity index (χ0v) is 11.5. The van der Waals surface area contributed by atoms with Gasteiger partial charge in [-0.05, 0) is 32.0 Å². The Morgan fingerprint density at radius 3 is 2.60 bits per heavy atom. The van der Waals surface area contributed by atoms with Gasteiger partial charge in [-0.25, -0.2) is 9.97 Å². The third kappa shape index (κ3) is 2.85. The first-order valence-corrected chi connectivity index (χ1v) is 6.31. The third-order valence-electron chi connectivity index (χ3n) is 2.92. The first kappa shape index (κ1) is 13.8. The lowest BCUT2D eigenvalue weighted by Gasteiger charge is -2.21. The van der Waals surface area contributed by atoms with Crippen molar-refractivity contribution < 1.29 is 5.21 Å². The molecule has 0 radical (unpaired) electrons. The lowest BCUT2D eigenvalue weighted by atomic mass is 10.2. The average Bonchev–Trinajstić information content (AvgIpc) is 2.49. The van der Waals surface area contributed by atoms with Crippen LogP contribution >= 0.6 is 0 Å². The maximum absolute atomic E-state index is 8.71. The van der Waals surface area contributed by atoms with Crippen LogP contribution in [-0.4, -0.2) is 27.6 Å². The van der Waals surface area contributed by atoms with Crippen molar-refractivity contribution in [1.82, 2.24) is 9.97 Å². The van der Waals surface area contributed by atoms with E-state index in [1.54, 1.807) is 12.3 Å². The molecule has 1 heterocycles. The number of rotatable bonds is 4. The Morgan fingerprint density at radius 1 is 1.30 bits per heavy atom. The van der Waals surface area contributed by atoms with Crippen LogP contribution in [0, 0.1) is 6.92 Å². The van der Waals surface area contributed by atoms with Crippen molar-refractivity contribution in [3.63, 3.8) is 0 Å². The van der Waals surface area contributed by atoms with Crippen molar-refractivity contribution in [2.45, 2.75) is 13.8 Å². The highest BCUT2D eigenvalue weighted by atomic mass is 16.4. The van der Waals surface area contributed by atoms with Crippen LogP contribution in [0.4, 0.5) is 11.6 Å². The molecule has 0 spiro atoms. The van der Waals surface area contributed by atoms with Gasteiger partial charge in [0.2, 0.25) is 5.95 Å². The maximum Gasteiger partial charge on any atom is 0.230 e. The molecule has 0 atom stereocenters. The van der Waals surface area contributed by atoms with Crippen LogP contribution in [0.1, 0.15) is 18.2 Å². The van der Waals surface area contributed by atoms with Gasteiger partial charge in [-0.15, -0.1) is 0 Å². The van der Waals surface area contributed by atoms with Gasteiger partial charge in [-0.2, -0.15) is 0 Å². The fourth-order valence-corrected chi connectivity index (χ4v) is 1.84. The number of nitrogens with two attached hydrogens (primary N) is 1. The van der Waals surface area contributed by atoms with Gasteiger partial charge in [-0.3, -0.25) is 0 Å². The molecule has 20 heavy (non-hydrogen) atoms. The minimum absolute atomic E-state index is 0.0337. The zero-order chi connectivity index (χ0) is 14.5. The second-order valence-electron chi connectivity index (χ2n) is 4.31. The molecular weight excluding hydrogens is 254 g/mol. The highest BCUT2D eigenvalue weighted by Crippen LogP contribution is 2.21. The molecule has 2 rings (SSSR count). The van der Waals surface area contributed by atoms with E-state index in [1.807, 2.05) is 43.0 Å². The number of oxime groups is 1. The number of nitrogens with zero attached hydrogens (tertiary/aromatic N) is 4. The highest BCUT2D eigenvalue weighted by Gasteiger charge is 2.12. The van der Waals surface area contributed by atoms with Gasteiger partial charge in [-0.1, -0.05) is 22.9 Å². The predicted octanol–water partition coefficient (Wildman–Crippen LogP) is 2.04. The van der Waals surface area contributed by atoms with Gasteiger partial charge < -0.3 is 15.8 Å². The Hall–Kier alpha value is -2.63. The van der Waals surface area contributed by atoms with Crippen molar-refractivity contribution in [2.75, 3.05) is 11.4 Å². The van der Waals surface area contributed by atoms with Gasteiger partial charge in [0.1, 0.15) is 5.69 Å². The molecule has 0 bridgehead atoms. The Labute approximate surface area is 117 Å². The fraction of sp³-hybridized carbons (Fsp3) is 0.214. The summed E-state index contributed by atoms with van der Waals surface area (Å²) in [5, 5.41) is 11.7. The largest absolute Gasteiger partial charge is 0.409 e. The Morgan fingerprint density at radius 2 is 2.00 bits per heavy atom. The van der Waals surface area contributed by atoms with E-state index >= 15 is 0 Å². The predicted molar refractivity (Wildman–Crippen MR) is 78.4 cm³/mol. The summed E-state index contributed by atoms with van der Waals surface area (Å²) in [6.07, 6.45) is 1.59. The van der Waals surface area contributed by atoms with Crippen molar-refractivity contribution in [3.05, 3.63) is 47.8 Å². The lowest BCUT2D eigenvalue weighted by molar-refractivity contribution is 0.318. The molecule has 3 N–H and O–H groups in total.